The topological polar surface area (TPSA) is 119 Å². The summed E-state index contributed by atoms with van der Waals surface area (Å²) in [5.74, 6) is 0.526. The maximum absolute atomic E-state index is 12.3. The number of benzene rings is 2. The van der Waals surface area contributed by atoms with Gasteiger partial charge in [-0.25, -0.2) is 0 Å². The first kappa shape index (κ1) is 23.2. The summed E-state index contributed by atoms with van der Waals surface area (Å²) in [7, 11) is 2.93. The second-order valence-electron chi connectivity index (χ2n) is 7.09. The van der Waals surface area contributed by atoms with Crippen molar-refractivity contribution in [2.45, 2.75) is 38.5 Å². The van der Waals surface area contributed by atoms with Crippen molar-refractivity contribution < 1.29 is 29.3 Å². The van der Waals surface area contributed by atoms with Crippen LogP contribution in [0.5, 0.6) is 23.0 Å². The van der Waals surface area contributed by atoms with Crippen LogP contribution in [-0.4, -0.2) is 42.5 Å². The molecule has 162 valence electrons. The number of phenols is 2. The van der Waals surface area contributed by atoms with Crippen molar-refractivity contribution in [3.8, 4) is 23.0 Å². The van der Waals surface area contributed by atoms with Crippen LogP contribution in [0.3, 0.4) is 0 Å². The average molecular weight is 415 g/mol. The van der Waals surface area contributed by atoms with E-state index >= 15 is 0 Å². The number of nitrogens with two attached hydrogens (primary N) is 1. The van der Waals surface area contributed by atoms with Crippen LogP contribution in [0.4, 0.5) is 0 Å². The zero-order valence-corrected chi connectivity index (χ0v) is 17.4. The Hall–Kier alpha value is -3.06. The Bertz CT molecular complexity index is 894. The summed E-state index contributed by atoms with van der Waals surface area (Å²) >= 11 is 0. The molecular formula is C23H29NO6. The zero-order valence-electron chi connectivity index (χ0n) is 17.4. The number of ketones is 2. The molecule has 2 aromatic carbocycles. The number of aryl methyl sites for hydroxylation is 2. The molecule has 7 heteroatoms. The summed E-state index contributed by atoms with van der Waals surface area (Å²) in [4.78, 5) is 24.5. The van der Waals surface area contributed by atoms with Crippen molar-refractivity contribution in [1.82, 2.24) is 0 Å². The monoisotopic (exact) mass is 415 g/mol. The molecule has 0 aromatic heterocycles. The number of phenolic OH excluding ortho intramolecular Hbond substituents is 2. The van der Waals surface area contributed by atoms with E-state index < -0.39 is 0 Å². The lowest BCUT2D eigenvalue weighted by Gasteiger charge is -2.12. The Morgan fingerprint density at radius 1 is 0.833 bits per heavy atom. The lowest BCUT2D eigenvalue weighted by molar-refractivity contribution is -0.126. The Morgan fingerprint density at radius 3 is 2.07 bits per heavy atom. The standard InChI is InChI=1S/C23H29NO6/c1-29-22-11-15(4-8-20(22)27)3-6-18(25)14-19(26)7-5-16-13-23(30-2)21(28)12-17(16)9-10-24/h4,8,11-13,27-28H,3,5-7,9-10,14,24H2,1-2H3. The molecule has 4 N–H and O–H groups in total. The summed E-state index contributed by atoms with van der Waals surface area (Å²) in [6.45, 7) is 0.424. The van der Waals surface area contributed by atoms with Gasteiger partial charge in [0.15, 0.2) is 23.0 Å². The highest BCUT2D eigenvalue weighted by atomic mass is 16.5. The van der Waals surface area contributed by atoms with Gasteiger partial charge in [0.2, 0.25) is 0 Å². The van der Waals surface area contributed by atoms with E-state index in [9.17, 15) is 19.8 Å². The predicted octanol–water partition coefficient (Wildman–Crippen LogP) is 2.71. The fraction of sp³-hybridized carbons (Fsp3) is 0.391. The maximum atomic E-state index is 12.3. The molecule has 0 unspecified atom stereocenters. The number of hydrogen-bond donors (Lipinski definition) is 3. The van der Waals surface area contributed by atoms with Gasteiger partial charge in [0.05, 0.1) is 20.6 Å². The molecule has 0 heterocycles. The van der Waals surface area contributed by atoms with Crippen LogP contribution in [0.2, 0.25) is 0 Å². The SMILES string of the molecule is COc1cc(CCC(=O)CC(=O)CCc2cc(OC)c(O)cc2CCN)ccc1O. The Labute approximate surface area is 176 Å². The van der Waals surface area contributed by atoms with E-state index in [0.717, 1.165) is 16.7 Å². The minimum Gasteiger partial charge on any atom is -0.504 e. The normalized spacial score (nSPS) is 10.6. The minimum atomic E-state index is -0.131. The Kier molecular flexibility index (Phi) is 8.68. The van der Waals surface area contributed by atoms with Crippen LogP contribution in [0.25, 0.3) is 0 Å². The van der Waals surface area contributed by atoms with Gasteiger partial charge in [0, 0.05) is 12.8 Å². The highest BCUT2D eigenvalue weighted by Gasteiger charge is 2.14. The summed E-state index contributed by atoms with van der Waals surface area (Å²) in [6.07, 6.45) is 1.86. The first-order chi connectivity index (χ1) is 14.4. The summed E-state index contributed by atoms with van der Waals surface area (Å²) < 4.78 is 10.2. The average Bonchev–Trinajstić information content (AvgIpc) is 2.72. The van der Waals surface area contributed by atoms with Crippen molar-refractivity contribution in [1.29, 1.82) is 0 Å². The largest absolute Gasteiger partial charge is 0.504 e. The van der Waals surface area contributed by atoms with Gasteiger partial charge in [0.25, 0.3) is 0 Å². The van der Waals surface area contributed by atoms with Gasteiger partial charge in [-0.15, -0.1) is 0 Å². The quantitative estimate of drug-likeness (QED) is 0.456. The number of aromatic hydroxyl groups is 2. The Morgan fingerprint density at radius 2 is 1.43 bits per heavy atom. The molecule has 0 aliphatic rings. The third-order valence-electron chi connectivity index (χ3n) is 4.92. The highest BCUT2D eigenvalue weighted by molar-refractivity contribution is 5.99. The summed E-state index contributed by atoms with van der Waals surface area (Å²) in [5.41, 5.74) is 8.24. The third kappa shape index (κ3) is 6.49. The number of Topliss-reactive ketones (excluding diaryl/α,β-unsaturated/α-hetero) is 2. The van der Waals surface area contributed by atoms with Crippen molar-refractivity contribution in [2.75, 3.05) is 20.8 Å². The van der Waals surface area contributed by atoms with Gasteiger partial charge in [-0.05, 0) is 66.8 Å². The lowest BCUT2D eigenvalue weighted by Crippen LogP contribution is -2.11. The molecule has 0 amide bonds. The number of carbonyl (C=O) groups is 2. The molecule has 30 heavy (non-hydrogen) atoms. The van der Waals surface area contributed by atoms with E-state index in [4.69, 9.17) is 15.2 Å². The molecule has 0 saturated heterocycles. The van der Waals surface area contributed by atoms with Crippen LogP contribution >= 0.6 is 0 Å². The molecule has 0 saturated carbocycles. The van der Waals surface area contributed by atoms with Crippen LogP contribution < -0.4 is 15.2 Å². The first-order valence-corrected chi connectivity index (χ1v) is 9.86. The van der Waals surface area contributed by atoms with Crippen LogP contribution in [0.15, 0.2) is 30.3 Å². The van der Waals surface area contributed by atoms with E-state index in [2.05, 4.69) is 0 Å². The zero-order chi connectivity index (χ0) is 22.1. The van der Waals surface area contributed by atoms with Gasteiger partial charge < -0.3 is 25.4 Å². The Balaban J connectivity index is 1.89. The number of ether oxygens (including phenoxy) is 2. The maximum Gasteiger partial charge on any atom is 0.160 e. The van der Waals surface area contributed by atoms with Crippen molar-refractivity contribution in [3.05, 3.63) is 47.0 Å². The number of methoxy groups -OCH3 is 2. The van der Waals surface area contributed by atoms with E-state index in [1.807, 2.05) is 0 Å². The van der Waals surface area contributed by atoms with Crippen molar-refractivity contribution in [3.63, 3.8) is 0 Å². The van der Waals surface area contributed by atoms with Crippen LogP contribution in [0, 0.1) is 0 Å². The van der Waals surface area contributed by atoms with Gasteiger partial charge in [-0.1, -0.05) is 6.07 Å². The van der Waals surface area contributed by atoms with Gasteiger partial charge in [0.1, 0.15) is 11.6 Å². The third-order valence-corrected chi connectivity index (χ3v) is 4.92. The number of hydrogen-bond acceptors (Lipinski definition) is 7. The second-order valence-corrected chi connectivity index (χ2v) is 7.09. The molecule has 7 nitrogen and oxygen atoms in total. The van der Waals surface area contributed by atoms with E-state index in [0.29, 0.717) is 37.3 Å². The molecule has 0 atom stereocenters. The van der Waals surface area contributed by atoms with Crippen molar-refractivity contribution >= 4 is 11.6 Å². The molecule has 2 aromatic rings. The molecule has 0 bridgehead atoms. The number of rotatable bonds is 12. The van der Waals surface area contributed by atoms with Gasteiger partial charge >= 0.3 is 0 Å². The molecule has 2 rings (SSSR count). The summed E-state index contributed by atoms with van der Waals surface area (Å²) in [6, 6.07) is 8.26. The first-order valence-electron chi connectivity index (χ1n) is 9.86. The van der Waals surface area contributed by atoms with Crippen LogP contribution in [-0.2, 0) is 28.9 Å². The minimum absolute atomic E-state index is 0.0389. The van der Waals surface area contributed by atoms with Gasteiger partial charge in [-0.3, -0.25) is 9.59 Å². The van der Waals surface area contributed by atoms with Crippen molar-refractivity contribution in [2.24, 2.45) is 5.73 Å². The lowest BCUT2D eigenvalue weighted by atomic mass is 9.96. The second kappa shape index (κ2) is 11.2. The highest BCUT2D eigenvalue weighted by Crippen LogP contribution is 2.30. The molecule has 0 fully saturated rings. The summed E-state index contributed by atoms with van der Waals surface area (Å²) in [5, 5.41) is 19.6. The number of carbonyl (C=O) groups excluding carboxylic acids is 2. The predicted molar refractivity (Wildman–Crippen MR) is 113 cm³/mol. The fourth-order valence-electron chi connectivity index (χ4n) is 3.27. The van der Waals surface area contributed by atoms with E-state index in [-0.39, 0.29) is 42.3 Å². The molecular weight excluding hydrogens is 386 g/mol. The van der Waals surface area contributed by atoms with Crippen LogP contribution in [0.1, 0.15) is 36.0 Å². The molecule has 0 radical (unpaired) electrons. The molecule has 0 spiro atoms. The smallest absolute Gasteiger partial charge is 0.160 e. The molecule has 0 aliphatic carbocycles. The fourth-order valence-corrected chi connectivity index (χ4v) is 3.27. The van der Waals surface area contributed by atoms with Gasteiger partial charge in [-0.2, -0.15) is 0 Å². The van der Waals surface area contributed by atoms with E-state index in [1.165, 1.54) is 20.3 Å². The van der Waals surface area contributed by atoms with E-state index in [1.54, 1.807) is 24.3 Å². The molecule has 0 aliphatic heterocycles.